The van der Waals surface area contributed by atoms with E-state index in [1.54, 1.807) is 12.1 Å². The smallest absolute Gasteiger partial charge is 0.123 e. The molecule has 0 aliphatic rings. The molecule has 0 bridgehead atoms. The first-order valence-corrected chi connectivity index (χ1v) is 4.94. The van der Waals surface area contributed by atoms with Crippen LogP contribution in [0.15, 0.2) is 12.1 Å². The average Bonchev–Trinajstić information content (AvgIpc) is 2.48. The molecule has 0 radical (unpaired) electrons. The molecule has 1 aromatic heterocycles. The number of aromatic amines is 1. The van der Waals surface area contributed by atoms with Gasteiger partial charge in [0, 0.05) is 0 Å². The maximum Gasteiger partial charge on any atom is 0.123 e. The van der Waals surface area contributed by atoms with Crippen molar-refractivity contribution in [2.45, 2.75) is 13.0 Å². The minimum Gasteiger partial charge on any atom is -0.341 e. The van der Waals surface area contributed by atoms with Crippen molar-refractivity contribution in [2.24, 2.45) is 5.73 Å². The Morgan fingerprint density at radius 3 is 2.53 bits per heavy atom. The number of nitrogens with two attached hydrogens (primary N) is 1. The molecule has 2 rings (SSSR count). The normalized spacial score (nSPS) is 12.5. The molecule has 0 saturated heterocycles. The number of hydrogen-bond acceptors (Lipinski definition) is 2. The number of fused-ring (bicyclic) bond motifs is 1. The molecular weight excluding hydrogens is 256 g/mol. The molecule has 0 saturated carbocycles. The molecule has 0 amide bonds. The summed E-state index contributed by atoms with van der Waals surface area (Å²) in [4.78, 5) is 7.37. The summed E-state index contributed by atoms with van der Waals surface area (Å²) in [5.41, 5.74) is 7.33. The van der Waals surface area contributed by atoms with Gasteiger partial charge in [-0.25, -0.2) is 4.98 Å². The minimum absolute atomic E-state index is 0. The van der Waals surface area contributed by atoms with Crippen molar-refractivity contribution in [3.8, 4) is 0 Å². The van der Waals surface area contributed by atoms with Gasteiger partial charge in [-0.3, -0.25) is 0 Å². The predicted molar refractivity (Wildman–Crippen MR) is 66.0 cm³/mol. The Balaban J connectivity index is 0.00000112. The van der Waals surface area contributed by atoms with Crippen molar-refractivity contribution in [1.82, 2.24) is 9.97 Å². The number of nitrogens with zero attached hydrogens (tertiary/aromatic N) is 1. The van der Waals surface area contributed by atoms with Crippen LogP contribution in [0.1, 0.15) is 18.8 Å². The van der Waals surface area contributed by atoms with Gasteiger partial charge in [0.05, 0.1) is 27.1 Å². The van der Waals surface area contributed by atoms with Crippen LogP contribution in [-0.4, -0.2) is 9.97 Å². The van der Waals surface area contributed by atoms with Crippen molar-refractivity contribution in [3.05, 3.63) is 28.0 Å². The van der Waals surface area contributed by atoms with Crippen molar-refractivity contribution < 1.29 is 0 Å². The zero-order valence-corrected chi connectivity index (χ0v) is 10.2. The van der Waals surface area contributed by atoms with Crippen LogP contribution >= 0.6 is 35.6 Å². The fourth-order valence-corrected chi connectivity index (χ4v) is 1.56. The number of rotatable bonds is 1. The Morgan fingerprint density at radius 1 is 1.33 bits per heavy atom. The average molecular weight is 267 g/mol. The predicted octanol–water partition coefficient (Wildman–Crippen LogP) is 3.31. The summed E-state index contributed by atoms with van der Waals surface area (Å²) >= 11 is 11.7. The van der Waals surface area contributed by atoms with Gasteiger partial charge in [-0.05, 0) is 19.1 Å². The van der Waals surface area contributed by atoms with E-state index in [-0.39, 0.29) is 18.4 Å². The van der Waals surface area contributed by atoms with E-state index in [2.05, 4.69) is 9.97 Å². The number of nitrogens with one attached hydrogen (secondary N) is 1. The first kappa shape index (κ1) is 12.6. The summed E-state index contributed by atoms with van der Waals surface area (Å²) in [7, 11) is 0. The lowest BCUT2D eigenvalue weighted by Gasteiger charge is -1.96. The summed E-state index contributed by atoms with van der Waals surface area (Å²) in [6.45, 7) is 1.86. The monoisotopic (exact) mass is 265 g/mol. The Bertz CT molecular complexity index is 440. The van der Waals surface area contributed by atoms with Gasteiger partial charge in [-0.1, -0.05) is 23.2 Å². The van der Waals surface area contributed by atoms with Crippen LogP contribution in [-0.2, 0) is 0 Å². The topological polar surface area (TPSA) is 54.7 Å². The fraction of sp³-hybridized carbons (Fsp3) is 0.222. The highest BCUT2D eigenvalue weighted by atomic mass is 35.5. The lowest BCUT2D eigenvalue weighted by atomic mass is 10.3. The number of halogens is 3. The first-order chi connectivity index (χ1) is 6.58. The highest BCUT2D eigenvalue weighted by molar-refractivity contribution is 6.42. The van der Waals surface area contributed by atoms with Crippen LogP contribution in [0, 0.1) is 0 Å². The second-order valence-corrected chi connectivity index (χ2v) is 4.01. The van der Waals surface area contributed by atoms with E-state index in [1.807, 2.05) is 6.92 Å². The maximum atomic E-state index is 5.87. The Kier molecular flexibility index (Phi) is 3.84. The molecule has 3 nitrogen and oxygen atoms in total. The Hall–Kier alpha value is -0.480. The van der Waals surface area contributed by atoms with E-state index in [9.17, 15) is 0 Å². The van der Waals surface area contributed by atoms with E-state index in [4.69, 9.17) is 28.9 Å². The van der Waals surface area contributed by atoms with Crippen molar-refractivity contribution in [2.75, 3.05) is 0 Å². The van der Waals surface area contributed by atoms with Gasteiger partial charge in [0.1, 0.15) is 5.82 Å². The summed E-state index contributed by atoms with van der Waals surface area (Å²) in [5, 5.41) is 1.01. The third kappa shape index (κ3) is 2.37. The van der Waals surface area contributed by atoms with Gasteiger partial charge < -0.3 is 10.7 Å². The molecule has 15 heavy (non-hydrogen) atoms. The summed E-state index contributed by atoms with van der Waals surface area (Å²) in [6.07, 6.45) is 0. The summed E-state index contributed by atoms with van der Waals surface area (Å²) < 4.78 is 0. The van der Waals surface area contributed by atoms with E-state index < -0.39 is 0 Å². The molecule has 2 aromatic rings. The number of imidazole rings is 1. The van der Waals surface area contributed by atoms with Gasteiger partial charge in [-0.15, -0.1) is 12.4 Å². The zero-order valence-electron chi connectivity index (χ0n) is 7.92. The van der Waals surface area contributed by atoms with Crippen LogP contribution in [0.25, 0.3) is 11.0 Å². The lowest BCUT2D eigenvalue weighted by Crippen LogP contribution is -2.06. The molecule has 1 heterocycles. The largest absolute Gasteiger partial charge is 0.341 e. The molecule has 3 N–H and O–H groups in total. The third-order valence-electron chi connectivity index (χ3n) is 1.97. The van der Waals surface area contributed by atoms with Crippen molar-refractivity contribution >= 4 is 46.6 Å². The van der Waals surface area contributed by atoms with Crippen LogP contribution in [0.5, 0.6) is 0 Å². The van der Waals surface area contributed by atoms with Crippen LogP contribution in [0.3, 0.4) is 0 Å². The lowest BCUT2D eigenvalue weighted by molar-refractivity contribution is 0.760. The molecule has 1 atom stereocenters. The number of H-pyrrole nitrogens is 1. The molecule has 0 spiro atoms. The van der Waals surface area contributed by atoms with E-state index in [1.165, 1.54) is 0 Å². The second kappa shape index (κ2) is 4.58. The van der Waals surface area contributed by atoms with E-state index in [0.29, 0.717) is 10.0 Å². The number of benzene rings is 1. The molecule has 82 valence electrons. The van der Waals surface area contributed by atoms with Gasteiger partial charge in [0.2, 0.25) is 0 Å². The van der Waals surface area contributed by atoms with Crippen molar-refractivity contribution in [3.63, 3.8) is 0 Å². The Labute approximate surface area is 103 Å². The molecule has 1 unspecified atom stereocenters. The van der Waals surface area contributed by atoms with Gasteiger partial charge in [0.25, 0.3) is 0 Å². The second-order valence-electron chi connectivity index (χ2n) is 3.19. The summed E-state index contributed by atoms with van der Waals surface area (Å²) in [6, 6.07) is 3.35. The Morgan fingerprint density at radius 2 is 1.93 bits per heavy atom. The van der Waals surface area contributed by atoms with Gasteiger partial charge in [-0.2, -0.15) is 0 Å². The number of hydrogen-bond donors (Lipinski definition) is 2. The third-order valence-corrected chi connectivity index (χ3v) is 2.70. The van der Waals surface area contributed by atoms with Gasteiger partial charge in [0.15, 0.2) is 0 Å². The SMILES string of the molecule is CC(N)c1nc2cc(Cl)c(Cl)cc2[nH]1.Cl. The molecule has 0 fully saturated rings. The minimum atomic E-state index is -0.125. The van der Waals surface area contributed by atoms with E-state index in [0.717, 1.165) is 16.9 Å². The molecule has 0 aliphatic carbocycles. The molecule has 1 aromatic carbocycles. The quantitative estimate of drug-likeness (QED) is 0.832. The number of aromatic nitrogens is 2. The highest BCUT2D eigenvalue weighted by Gasteiger charge is 2.08. The summed E-state index contributed by atoms with van der Waals surface area (Å²) in [5.74, 6) is 0.735. The molecular formula is C9H10Cl3N3. The van der Waals surface area contributed by atoms with Crippen LogP contribution < -0.4 is 5.73 Å². The highest BCUT2D eigenvalue weighted by Crippen LogP contribution is 2.27. The maximum absolute atomic E-state index is 5.87. The van der Waals surface area contributed by atoms with Gasteiger partial charge >= 0.3 is 0 Å². The van der Waals surface area contributed by atoms with Crippen LogP contribution in [0.2, 0.25) is 10.0 Å². The standard InChI is InChI=1S/C9H9Cl2N3.ClH/c1-4(12)9-13-7-2-5(10)6(11)3-8(7)14-9;/h2-4H,12H2,1H3,(H,13,14);1H. The molecule has 0 aliphatic heterocycles. The van der Waals surface area contributed by atoms with E-state index >= 15 is 0 Å². The first-order valence-electron chi connectivity index (χ1n) is 4.18. The fourth-order valence-electron chi connectivity index (χ4n) is 1.24. The van der Waals surface area contributed by atoms with Crippen LogP contribution in [0.4, 0.5) is 0 Å². The molecule has 6 heteroatoms. The van der Waals surface area contributed by atoms with Crippen molar-refractivity contribution in [1.29, 1.82) is 0 Å². The zero-order chi connectivity index (χ0) is 10.3.